The van der Waals surface area contributed by atoms with Crippen LogP contribution in [0.5, 0.6) is 0 Å². The standard InChI is InChI=1S/C22H16F3N3O3S/c1-32(31)18-9-12(11-26)5-6-15(18)20-19-16(7-8-17(19)29)28(21(30)27-20)14-4-2-3-13(10-14)22(23,24)25/h2-6,9-10,20H,7-8H2,1H3,(H,27,30)/t20-,32?/m0/s1. The third-order valence-corrected chi connectivity index (χ3v) is 6.40. The number of carbonyl (C=O) groups is 2. The Kier molecular flexibility index (Phi) is 5.38. The van der Waals surface area contributed by atoms with Crippen molar-refractivity contribution in [1.82, 2.24) is 5.32 Å². The van der Waals surface area contributed by atoms with Crippen LogP contribution in [0, 0.1) is 11.3 Å². The number of ketones is 1. The first kappa shape index (κ1) is 21.8. The minimum atomic E-state index is -4.59. The molecule has 1 N–H and O–H groups in total. The van der Waals surface area contributed by atoms with Gasteiger partial charge in [0.15, 0.2) is 5.78 Å². The van der Waals surface area contributed by atoms with E-state index in [1.165, 1.54) is 36.6 Å². The average molecular weight is 459 g/mol. The minimum Gasteiger partial charge on any atom is -0.326 e. The van der Waals surface area contributed by atoms with Crippen molar-refractivity contribution < 1.29 is 27.0 Å². The van der Waals surface area contributed by atoms with Gasteiger partial charge in [0.25, 0.3) is 0 Å². The van der Waals surface area contributed by atoms with Gasteiger partial charge in [0, 0.05) is 28.8 Å². The van der Waals surface area contributed by atoms with Crippen LogP contribution in [-0.2, 0) is 21.8 Å². The van der Waals surface area contributed by atoms with Crippen molar-refractivity contribution >= 4 is 28.3 Å². The fourth-order valence-corrected chi connectivity index (χ4v) is 4.83. The molecule has 1 aliphatic heterocycles. The van der Waals surface area contributed by atoms with Gasteiger partial charge in [0.2, 0.25) is 0 Å². The highest BCUT2D eigenvalue weighted by atomic mass is 32.2. The van der Waals surface area contributed by atoms with Gasteiger partial charge in [-0.1, -0.05) is 12.1 Å². The first-order valence-electron chi connectivity index (χ1n) is 9.53. The molecule has 164 valence electrons. The number of Topliss-reactive ketones (excluding diaryl/α,β-unsaturated/α-hetero) is 1. The molecule has 0 saturated carbocycles. The lowest BCUT2D eigenvalue weighted by Crippen LogP contribution is -2.47. The van der Waals surface area contributed by atoms with Crippen LogP contribution < -0.4 is 10.2 Å². The largest absolute Gasteiger partial charge is 0.416 e. The van der Waals surface area contributed by atoms with Crippen molar-refractivity contribution in [3.63, 3.8) is 0 Å². The average Bonchev–Trinajstić information content (AvgIpc) is 3.13. The summed E-state index contributed by atoms with van der Waals surface area (Å²) in [5.74, 6) is -0.251. The lowest BCUT2D eigenvalue weighted by Gasteiger charge is -2.35. The minimum absolute atomic E-state index is 0.00269. The summed E-state index contributed by atoms with van der Waals surface area (Å²) in [6.07, 6.45) is -2.87. The maximum absolute atomic E-state index is 13.2. The SMILES string of the molecule is CS(=O)c1cc(C#N)ccc1[C@@H]1NC(=O)N(c2cccc(C(F)(F)F)c2)C2=C1C(=O)CC2. The molecule has 6 nitrogen and oxygen atoms in total. The molecule has 2 aliphatic rings. The van der Waals surface area contributed by atoms with Gasteiger partial charge in [-0.3, -0.25) is 13.9 Å². The van der Waals surface area contributed by atoms with Crippen molar-refractivity contribution in [1.29, 1.82) is 5.26 Å². The zero-order valence-electron chi connectivity index (χ0n) is 16.7. The first-order chi connectivity index (χ1) is 15.1. The lowest BCUT2D eigenvalue weighted by molar-refractivity contribution is -0.137. The smallest absolute Gasteiger partial charge is 0.326 e. The summed E-state index contributed by atoms with van der Waals surface area (Å²) in [6, 6.07) is 9.17. The van der Waals surface area contributed by atoms with E-state index in [4.69, 9.17) is 5.26 Å². The molecule has 0 aromatic heterocycles. The Morgan fingerprint density at radius 2 is 1.91 bits per heavy atom. The van der Waals surface area contributed by atoms with Crippen molar-refractivity contribution in [2.75, 3.05) is 11.2 Å². The molecular weight excluding hydrogens is 443 g/mol. The van der Waals surface area contributed by atoms with Crippen LogP contribution in [-0.4, -0.2) is 22.3 Å². The van der Waals surface area contributed by atoms with Crippen LogP contribution in [0.3, 0.4) is 0 Å². The third kappa shape index (κ3) is 3.69. The molecule has 1 aliphatic carbocycles. The summed E-state index contributed by atoms with van der Waals surface area (Å²) < 4.78 is 51.9. The molecule has 0 fully saturated rings. The van der Waals surface area contributed by atoms with Crippen LogP contribution in [0.2, 0.25) is 0 Å². The molecule has 4 rings (SSSR count). The summed E-state index contributed by atoms with van der Waals surface area (Å²) in [7, 11) is -1.52. The van der Waals surface area contributed by atoms with Crippen LogP contribution in [0.25, 0.3) is 0 Å². The number of nitriles is 1. The molecular formula is C22H16F3N3O3S. The van der Waals surface area contributed by atoms with Gasteiger partial charge in [-0.25, -0.2) is 4.79 Å². The topological polar surface area (TPSA) is 90.3 Å². The second-order valence-corrected chi connectivity index (χ2v) is 8.72. The number of benzene rings is 2. The number of halogens is 3. The Balaban J connectivity index is 1.86. The molecule has 2 atom stereocenters. The summed E-state index contributed by atoms with van der Waals surface area (Å²) in [5, 5.41) is 11.8. The maximum Gasteiger partial charge on any atom is 0.416 e. The molecule has 2 amide bonds. The van der Waals surface area contributed by atoms with Crippen LogP contribution in [0.4, 0.5) is 23.7 Å². The Hall–Kier alpha value is -3.45. The molecule has 0 spiro atoms. The first-order valence-corrected chi connectivity index (χ1v) is 11.1. The van der Waals surface area contributed by atoms with E-state index in [2.05, 4.69) is 5.32 Å². The van der Waals surface area contributed by atoms with Gasteiger partial charge in [-0.15, -0.1) is 0 Å². The summed E-state index contributed by atoms with van der Waals surface area (Å²) >= 11 is 0. The van der Waals surface area contributed by atoms with Crippen LogP contribution in [0.15, 0.2) is 58.6 Å². The second kappa shape index (κ2) is 7.91. The van der Waals surface area contributed by atoms with Crippen molar-refractivity contribution in [2.45, 2.75) is 30.0 Å². The van der Waals surface area contributed by atoms with Crippen LogP contribution in [0.1, 0.15) is 35.6 Å². The van der Waals surface area contributed by atoms with Crippen molar-refractivity contribution in [3.8, 4) is 6.07 Å². The lowest BCUT2D eigenvalue weighted by atomic mass is 9.94. The molecule has 0 bridgehead atoms. The summed E-state index contributed by atoms with van der Waals surface area (Å²) in [5.41, 5.74) is 0.339. The Morgan fingerprint density at radius 1 is 1.16 bits per heavy atom. The molecule has 32 heavy (non-hydrogen) atoms. The number of urea groups is 1. The Bertz CT molecular complexity index is 1250. The van der Waals surface area contributed by atoms with Gasteiger partial charge in [0.1, 0.15) is 0 Å². The molecule has 2 aromatic carbocycles. The van der Waals surface area contributed by atoms with E-state index in [0.29, 0.717) is 16.2 Å². The predicted octanol–water partition coefficient (Wildman–Crippen LogP) is 4.20. The number of rotatable bonds is 3. The van der Waals surface area contributed by atoms with E-state index in [-0.39, 0.29) is 35.4 Å². The number of carbonyl (C=O) groups excluding carboxylic acids is 2. The van der Waals surface area contributed by atoms with E-state index in [9.17, 15) is 27.0 Å². The number of hydrogen-bond acceptors (Lipinski definition) is 4. The van der Waals surface area contributed by atoms with Gasteiger partial charge in [-0.2, -0.15) is 18.4 Å². The van der Waals surface area contributed by atoms with E-state index < -0.39 is 34.6 Å². The quantitative estimate of drug-likeness (QED) is 0.745. The van der Waals surface area contributed by atoms with E-state index in [1.54, 1.807) is 0 Å². The normalized spacial score (nSPS) is 19.5. The Labute approximate surface area is 183 Å². The molecule has 2 aromatic rings. The predicted molar refractivity (Wildman–Crippen MR) is 110 cm³/mol. The molecule has 1 heterocycles. The Morgan fingerprint density at radius 3 is 2.56 bits per heavy atom. The van der Waals surface area contributed by atoms with Gasteiger partial charge < -0.3 is 5.32 Å². The van der Waals surface area contributed by atoms with E-state index >= 15 is 0 Å². The van der Waals surface area contributed by atoms with Gasteiger partial charge >= 0.3 is 12.2 Å². The molecule has 0 radical (unpaired) electrons. The number of nitrogens with zero attached hydrogens (tertiary/aromatic N) is 2. The van der Waals surface area contributed by atoms with Crippen molar-refractivity contribution in [2.24, 2.45) is 0 Å². The zero-order chi connectivity index (χ0) is 23.2. The monoisotopic (exact) mass is 459 g/mol. The van der Waals surface area contributed by atoms with E-state index in [1.807, 2.05) is 6.07 Å². The number of nitrogens with one attached hydrogen (secondary N) is 1. The highest BCUT2D eigenvalue weighted by Gasteiger charge is 2.42. The molecule has 1 unspecified atom stereocenters. The van der Waals surface area contributed by atoms with E-state index in [0.717, 1.165) is 17.0 Å². The fourth-order valence-electron chi connectivity index (χ4n) is 4.02. The van der Waals surface area contributed by atoms with Crippen molar-refractivity contribution in [3.05, 3.63) is 70.4 Å². The number of alkyl halides is 3. The van der Waals surface area contributed by atoms with Crippen LogP contribution >= 0.6 is 0 Å². The third-order valence-electron chi connectivity index (χ3n) is 5.42. The number of anilines is 1. The number of hydrogen-bond donors (Lipinski definition) is 1. The molecule has 0 saturated heterocycles. The fraction of sp³-hybridized carbons (Fsp3) is 0.227. The highest BCUT2D eigenvalue weighted by Crippen LogP contribution is 2.42. The number of amides is 2. The zero-order valence-corrected chi connectivity index (χ0v) is 17.5. The van der Waals surface area contributed by atoms with Gasteiger partial charge in [-0.05, 0) is 42.3 Å². The summed E-state index contributed by atoms with van der Waals surface area (Å²) in [6.45, 7) is 0. The van der Waals surface area contributed by atoms with Gasteiger partial charge in [0.05, 0.1) is 39.7 Å². The highest BCUT2D eigenvalue weighted by molar-refractivity contribution is 7.84. The maximum atomic E-state index is 13.2. The number of allylic oxidation sites excluding steroid dienone is 1. The molecule has 10 heteroatoms. The second-order valence-electron chi connectivity index (χ2n) is 7.37. The summed E-state index contributed by atoms with van der Waals surface area (Å²) in [4.78, 5) is 27.2.